The minimum Gasteiger partial charge on any atom is -0.342 e. The Morgan fingerprint density at radius 3 is 2.50 bits per heavy atom. The fraction of sp³-hybridized carbons (Fsp3) is 0.632. The largest absolute Gasteiger partial charge is 0.342 e. The average Bonchev–Trinajstić information content (AvgIpc) is 2.83. The molecule has 2 unspecified atom stereocenters. The summed E-state index contributed by atoms with van der Waals surface area (Å²) in [7, 11) is -3.56. The van der Waals surface area contributed by atoms with Crippen molar-refractivity contribution >= 4 is 15.9 Å². The van der Waals surface area contributed by atoms with Gasteiger partial charge in [-0.25, -0.2) is 8.42 Å². The van der Waals surface area contributed by atoms with Crippen molar-refractivity contribution in [2.75, 3.05) is 19.6 Å². The highest BCUT2D eigenvalue weighted by Gasteiger charge is 2.35. The third-order valence-corrected chi connectivity index (χ3v) is 7.56. The van der Waals surface area contributed by atoms with E-state index in [4.69, 9.17) is 5.73 Å². The number of piperidine rings is 1. The van der Waals surface area contributed by atoms with Crippen LogP contribution in [0.15, 0.2) is 23.1 Å². The molecule has 0 aliphatic carbocycles. The normalized spacial score (nSPS) is 23.2. The quantitative estimate of drug-likeness (QED) is 0.863. The van der Waals surface area contributed by atoms with Gasteiger partial charge in [-0.3, -0.25) is 4.79 Å². The molecule has 2 aliphatic heterocycles. The molecule has 1 aromatic rings. The molecule has 1 saturated heterocycles. The molecule has 0 saturated carbocycles. The number of nitrogens with zero attached hydrogens (tertiary/aromatic N) is 2. The van der Waals surface area contributed by atoms with Crippen LogP contribution in [0, 0.1) is 0 Å². The first-order valence-electron chi connectivity index (χ1n) is 9.45. The van der Waals surface area contributed by atoms with E-state index in [9.17, 15) is 13.2 Å². The van der Waals surface area contributed by atoms with Crippen LogP contribution < -0.4 is 5.73 Å². The number of hydrogen-bond acceptors (Lipinski definition) is 4. The number of fused-ring (bicyclic) bond motifs is 1. The lowest BCUT2D eigenvalue weighted by atomic mass is 10.00. The van der Waals surface area contributed by atoms with Gasteiger partial charge in [-0.1, -0.05) is 12.5 Å². The number of carbonyl (C=O) groups excluding carboxylic acids is 1. The summed E-state index contributed by atoms with van der Waals surface area (Å²) >= 11 is 0. The molecule has 0 radical (unpaired) electrons. The first-order chi connectivity index (χ1) is 12.3. The van der Waals surface area contributed by atoms with E-state index in [0.717, 1.165) is 36.8 Å². The molecule has 26 heavy (non-hydrogen) atoms. The maximum Gasteiger partial charge on any atom is 0.243 e. The highest BCUT2D eigenvalue weighted by Crippen LogP contribution is 2.28. The molecule has 2 aliphatic rings. The molecule has 7 heteroatoms. The van der Waals surface area contributed by atoms with Gasteiger partial charge in [0.2, 0.25) is 15.9 Å². The molecule has 1 aromatic carbocycles. The van der Waals surface area contributed by atoms with Crippen LogP contribution >= 0.6 is 0 Å². The van der Waals surface area contributed by atoms with Gasteiger partial charge in [-0.2, -0.15) is 4.31 Å². The fourth-order valence-corrected chi connectivity index (χ4v) is 5.89. The second-order valence-electron chi connectivity index (χ2n) is 7.47. The summed E-state index contributed by atoms with van der Waals surface area (Å²) in [6.45, 7) is 5.32. The molecule has 0 aromatic heterocycles. The zero-order chi connectivity index (χ0) is 18.9. The zero-order valence-electron chi connectivity index (χ0n) is 15.6. The van der Waals surface area contributed by atoms with Crippen LogP contribution in [0.3, 0.4) is 0 Å². The summed E-state index contributed by atoms with van der Waals surface area (Å²) < 4.78 is 28.1. The highest BCUT2D eigenvalue weighted by atomic mass is 32.2. The molecule has 2 heterocycles. The van der Waals surface area contributed by atoms with E-state index >= 15 is 0 Å². The molecule has 0 bridgehead atoms. The van der Waals surface area contributed by atoms with Crippen molar-refractivity contribution in [2.45, 2.75) is 62.9 Å². The maximum absolute atomic E-state index is 13.3. The van der Waals surface area contributed by atoms with Crippen molar-refractivity contribution < 1.29 is 13.2 Å². The summed E-state index contributed by atoms with van der Waals surface area (Å²) in [4.78, 5) is 13.8. The molecule has 1 amide bonds. The number of amides is 1. The van der Waals surface area contributed by atoms with Crippen LogP contribution in [0.2, 0.25) is 0 Å². The maximum atomic E-state index is 13.3. The Labute approximate surface area is 156 Å². The van der Waals surface area contributed by atoms with Crippen LogP contribution in [0.4, 0.5) is 0 Å². The topological polar surface area (TPSA) is 83.7 Å². The minimum atomic E-state index is -3.56. The molecule has 6 nitrogen and oxygen atoms in total. The molecule has 2 N–H and O–H groups in total. The monoisotopic (exact) mass is 379 g/mol. The average molecular weight is 380 g/mol. The summed E-state index contributed by atoms with van der Waals surface area (Å²) in [6.07, 6.45) is 4.16. The standard InChI is InChI=1S/C19H29N3O3S/c1-14(20)19-5-3-4-10-22(19)26(24,25)18-7-6-16-8-11-21(15(2)23)12-9-17(16)13-18/h6-7,13-14,19H,3-5,8-12,20H2,1-2H3. The van der Waals surface area contributed by atoms with E-state index in [-0.39, 0.29) is 18.0 Å². The lowest BCUT2D eigenvalue weighted by molar-refractivity contribution is -0.128. The van der Waals surface area contributed by atoms with Gasteiger partial charge in [0.05, 0.1) is 4.90 Å². The van der Waals surface area contributed by atoms with E-state index in [2.05, 4.69) is 0 Å². The zero-order valence-corrected chi connectivity index (χ0v) is 16.5. The van der Waals surface area contributed by atoms with Crippen molar-refractivity contribution in [3.63, 3.8) is 0 Å². The first-order valence-corrected chi connectivity index (χ1v) is 10.9. The molecular weight excluding hydrogens is 350 g/mol. The van der Waals surface area contributed by atoms with Gasteiger partial charge in [0.15, 0.2) is 0 Å². The first kappa shape index (κ1) is 19.3. The summed E-state index contributed by atoms with van der Waals surface area (Å²) in [5.41, 5.74) is 8.23. The Bertz CT molecular complexity index is 776. The lowest BCUT2D eigenvalue weighted by Crippen LogP contribution is -2.51. The number of rotatable bonds is 3. The van der Waals surface area contributed by atoms with Gasteiger partial charge in [0, 0.05) is 38.6 Å². The Kier molecular flexibility index (Phi) is 5.69. The highest BCUT2D eigenvalue weighted by molar-refractivity contribution is 7.89. The summed E-state index contributed by atoms with van der Waals surface area (Å²) in [6, 6.07) is 5.11. The third kappa shape index (κ3) is 3.80. The van der Waals surface area contributed by atoms with E-state index in [1.165, 1.54) is 0 Å². The van der Waals surface area contributed by atoms with E-state index in [0.29, 0.717) is 31.0 Å². The second-order valence-corrected chi connectivity index (χ2v) is 9.37. The Morgan fingerprint density at radius 1 is 1.15 bits per heavy atom. The van der Waals surface area contributed by atoms with E-state index in [1.807, 2.05) is 17.9 Å². The van der Waals surface area contributed by atoms with Gasteiger partial charge < -0.3 is 10.6 Å². The SMILES string of the molecule is CC(=O)N1CCc2ccc(S(=O)(=O)N3CCCCC3C(C)N)cc2CC1. The van der Waals surface area contributed by atoms with Crippen LogP contribution in [0.5, 0.6) is 0 Å². The second kappa shape index (κ2) is 7.66. The van der Waals surface area contributed by atoms with E-state index in [1.54, 1.807) is 23.4 Å². The van der Waals surface area contributed by atoms with Crippen molar-refractivity contribution in [3.05, 3.63) is 29.3 Å². The van der Waals surface area contributed by atoms with Crippen molar-refractivity contribution in [2.24, 2.45) is 5.73 Å². The van der Waals surface area contributed by atoms with Crippen LogP contribution in [-0.4, -0.2) is 55.2 Å². The minimum absolute atomic E-state index is 0.0683. The van der Waals surface area contributed by atoms with E-state index < -0.39 is 10.0 Å². The third-order valence-electron chi connectivity index (χ3n) is 5.64. The van der Waals surface area contributed by atoms with Crippen molar-refractivity contribution in [3.8, 4) is 0 Å². The van der Waals surface area contributed by atoms with Crippen LogP contribution in [0.1, 0.15) is 44.2 Å². The number of carbonyl (C=O) groups is 1. The summed E-state index contributed by atoms with van der Waals surface area (Å²) in [5.74, 6) is 0.0683. The molecule has 2 atom stereocenters. The fourth-order valence-electron chi connectivity index (χ4n) is 4.07. The lowest BCUT2D eigenvalue weighted by Gasteiger charge is -2.37. The molecule has 3 rings (SSSR count). The summed E-state index contributed by atoms with van der Waals surface area (Å²) in [5, 5.41) is 0. The van der Waals surface area contributed by atoms with Gasteiger partial charge in [-0.05, 0) is 55.9 Å². The van der Waals surface area contributed by atoms with Crippen LogP contribution in [0.25, 0.3) is 0 Å². The molecule has 1 fully saturated rings. The number of hydrogen-bond donors (Lipinski definition) is 1. The van der Waals surface area contributed by atoms with Gasteiger partial charge in [0.1, 0.15) is 0 Å². The molecule has 0 spiro atoms. The Morgan fingerprint density at radius 2 is 1.85 bits per heavy atom. The molecular formula is C19H29N3O3S. The Hall–Kier alpha value is -1.44. The number of benzene rings is 1. The van der Waals surface area contributed by atoms with Gasteiger partial charge in [-0.15, -0.1) is 0 Å². The van der Waals surface area contributed by atoms with Crippen molar-refractivity contribution in [1.29, 1.82) is 0 Å². The van der Waals surface area contributed by atoms with Crippen LogP contribution in [-0.2, 0) is 27.7 Å². The Balaban J connectivity index is 1.89. The predicted molar refractivity (Wildman–Crippen MR) is 101 cm³/mol. The number of sulfonamides is 1. The molecule has 144 valence electrons. The smallest absolute Gasteiger partial charge is 0.243 e. The van der Waals surface area contributed by atoms with Crippen molar-refractivity contribution in [1.82, 2.24) is 9.21 Å². The van der Waals surface area contributed by atoms with Gasteiger partial charge in [0.25, 0.3) is 0 Å². The predicted octanol–water partition coefficient (Wildman–Crippen LogP) is 1.52. The van der Waals surface area contributed by atoms with Gasteiger partial charge >= 0.3 is 0 Å². The number of nitrogens with two attached hydrogens (primary N) is 1.